The maximum absolute atomic E-state index is 5.69. The molecule has 0 radical (unpaired) electrons. The van der Waals surface area contributed by atoms with E-state index in [4.69, 9.17) is 4.74 Å². The van der Waals surface area contributed by atoms with Crippen LogP contribution in [-0.4, -0.2) is 44.0 Å². The largest absolute Gasteiger partial charge is 0.361 e. The van der Waals surface area contributed by atoms with Crippen LogP contribution in [0.25, 0.3) is 11.2 Å². The lowest BCUT2D eigenvalue weighted by molar-refractivity contribution is 0.0902. The van der Waals surface area contributed by atoms with Crippen molar-refractivity contribution in [2.24, 2.45) is 0 Å². The second-order valence-electron chi connectivity index (χ2n) is 5.34. The molecular formula is C13H22N4OSi. The molecule has 0 saturated heterocycles. The van der Waals surface area contributed by atoms with Gasteiger partial charge in [-0.2, -0.15) is 0 Å². The summed E-state index contributed by atoms with van der Waals surface area (Å²) in [6, 6.07) is 3.20. The van der Waals surface area contributed by atoms with Crippen molar-refractivity contribution in [1.82, 2.24) is 14.5 Å². The minimum atomic E-state index is -0.516. The van der Waals surface area contributed by atoms with Gasteiger partial charge < -0.3 is 14.2 Å². The van der Waals surface area contributed by atoms with E-state index in [0.29, 0.717) is 6.73 Å². The third-order valence-corrected chi connectivity index (χ3v) is 4.37. The number of ether oxygens (including phenoxy) is 1. The lowest BCUT2D eigenvalue weighted by Gasteiger charge is -2.11. The van der Waals surface area contributed by atoms with Crippen LogP contribution in [0.1, 0.15) is 0 Å². The van der Waals surface area contributed by atoms with Crippen LogP contribution in [0.4, 0.5) is 5.82 Å². The second-order valence-corrected chi connectivity index (χ2v) is 8.70. The molecule has 0 unspecified atom stereocenters. The third kappa shape index (κ3) is 3.54. The summed E-state index contributed by atoms with van der Waals surface area (Å²) in [4.78, 5) is 11.0. The van der Waals surface area contributed by atoms with Gasteiger partial charge in [-0.3, -0.25) is 0 Å². The first-order chi connectivity index (χ1) is 9.08. The van der Waals surface area contributed by atoms with Gasteiger partial charge in [0.15, 0.2) is 5.65 Å². The maximum Gasteiger partial charge on any atom is 0.160 e. The van der Waals surface area contributed by atoms with Crippen molar-refractivity contribution in [2.45, 2.75) is 25.9 Å². The number of fused-ring (bicyclic) bond motifs is 1. The number of nitrogens with zero attached hydrogens (tertiary/aromatic N) is 4. The molecule has 2 aromatic heterocycles. The van der Waals surface area contributed by atoms with E-state index in [9.17, 15) is 0 Å². The summed E-state index contributed by atoms with van der Waals surface area (Å²) >= 11 is 0. The zero-order valence-corrected chi connectivity index (χ0v) is 13.3. The molecule has 0 atom stereocenters. The Bertz CT molecular complexity index is 538. The molecule has 0 amide bonds. The van der Waals surface area contributed by atoms with Gasteiger partial charge in [0.05, 0.1) is 6.20 Å². The van der Waals surface area contributed by atoms with Crippen LogP contribution in [0.2, 0.25) is 19.1 Å². The predicted octanol–water partition coefficient (Wildman–Crippen LogP) is 1.96. The minimum Gasteiger partial charge on any atom is -0.361 e. The molecule has 0 N–H and O–H groups in total. The Morgan fingerprint density at radius 2 is 2.16 bits per heavy atom. The summed E-state index contributed by atoms with van der Waals surface area (Å²) in [5.41, 5.74) is 1.79. The van der Waals surface area contributed by atoms with E-state index < -0.39 is 8.80 Å². The van der Waals surface area contributed by atoms with Gasteiger partial charge >= 0.3 is 0 Å². The summed E-state index contributed by atoms with van der Waals surface area (Å²) in [6.45, 7) is 6.07. The van der Waals surface area contributed by atoms with E-state index in [1.165, 1.54) is 6.04 Å². The molecule has 19 heavy (non-hydrogen) atoms. The number of hydrogen-bond donors (Lipinski definition) is 0. The third-order valence-electron chi connectivity index (χ3n) is 2.98. The van der Waals surface area contributed by atoms with Crippen LogP contribution < -0.4 is 4.90 Å². The molecule has 104 valence electrons. The first-order valence-corrected chi connectivity index (χ1v) is 9.77. The van der Waals surface area contributed by atoms with Gasteiger partial charge in [-0.25, -0.2) is 9.97 Å². The number of aromatic nitrogens is 3. The van der Waals surface area contributed by atoms with Crippen LogP contribution in [0.3, 0.4) is 0 Å². The highest BCUT2D eigenvalue weighted by Crippen LogP contribution is 2.15. The fraction of sp³-hybridized carbons (Fsp3) is 0.538. The molecule has 0 aromatic carbocycles. The first-order valence-electron chi connectivity index (χ1n) is 6.65. The number of anilines is 1. The van der Waals surface area contributed by atoms with E-state index in [1.807, 2.05) is 35.8 Å². The topological polar surface area (TPSA) is 43.2 Å². The predicted molar refractivity (Wildman–Crippen MR) is 81.5 cm³/mol. The minimum absolute atomic E-state index is 0.516. The summed E-state index contributed by atoms with van der Waals surface area (Å²) in [6.07, 6.45) is 3.77. The maximum atomic E-state index is 5.69. The summed E-state index contributed by atoms with van der Waals surface area (Å²) in [5.74, 6) is 0.872. The molecule has 0 spiro atoms. The quantitative estimate of drug-likeness (QED) is 0.598. The molecule has 0 fully saturated rings. The Hall–Kier alpha value is -1.40. The van der Waals surface area contributed by atoms with Gasteiger partial charge in [-0.1, -0.05) is 13.1 Å². The van der Waals surface area contributed by atoms with Gasteiger partial charge in [0.2, 0.25) is 0 Å². The highest BCUT2D eigenvalue weighted by atomic mass is 28.3. The van der Waals surface area contributed by atoms with E-state index >= 15 is 0 Å². The summed E-state index contributed by atoms with van der Waals surface area (Å²) in [7, 11) is 3.41. The van der Waals surface area contributed by atoms with Crippen LogP contribution >= 0.6 is 0 Å². The smallest absolute Gasteiger partial charge is 0.160 e. The van der Waals surface area contributed by atoms with Gasteiger partial charge in [-0.05, 0) is 12.1 Å². The van der Waals surface area contributed by atoms with E-state index in [1.54, 1.807) is 6.20 Å². The molecule has 0 bridgehead atoms. The second kappa shape index (κ2) is 6.16. The van der Waals surface area contributed by atoms with Crippen molar-refractivity contribution in [2.75, 3.05) is 25.6 Å². The molecule has 2 rings (SSSR count). The Kier molecular flexibility index (Phi) is 4.55. The van der Waals surface area contributed by atoms with Crippen molar-refractivity contribution < 1.29 is 4.74 Å². The monoisotopic (exact) mass is 278 g/mol. The highest BCUT2D eigenvalue weighted by Gasteiger charge is 2.06. The molecule has 6 heteroatoms. The van der Waals surface area contributed by atoms with Crippen LogP contribution in [0.5, 0.6) is 0 Å². The molecule has 2 heterocycles. The van der Waals surface area contributed by atoms with E-state index in [-0.39, 0.29) is 0 Å². The van der Waals surface area contributed by atoms with Crippen LogP contribution in [-0.2, 0) is 11.5 Å². The molecule has 0 aliphatic rings. The highest BCUT2D eigenvalue weighted by molar-refractivity contribution is 6.55. The summed E-state index contributed by atoms with van der Waals surface area (Å²) < 4.78 is 7.70. The normalized spacial score (nSPS) is 11.4. The van der Waals surface area contributed by atoms with Gasteiger partial charge in [0.1, 0.15) is 18.1 Å². The average Bonchev–Trinajstić information content (AvgIpc) is 2.76. The van der Waals surface area contributed by atoms with Crippen molar-refractivity contribution in [3.63, 3.8) is 0 Å². The number of rotatable bonds is 6. The van der Waals surface area contributed by atoms with Crippen molar-refractivity contribution >= 4 is 25.8 Å². The van der Waals surface area contributed by atoms with Crippen LogP contribution in [0.15, 0.2) is 18.5 Å². The molecular weight excluding hydrogens is 256 g/mol. The fourth-order valence-electron chi connectivity index (χ4n) is 1.75. The molecule has 0 aliphatic heterocycles. The molecule has 2 aromatic rings. The molecule has 0 aliphatic carbocycles. The Morgan fingerprint density at radius 3 is 2.84 bits per heavy atom. The molecule has 0 saturated carbocycles. The van der Waals surface area contributed by atoms with Crippen molar-refractivity contribution in [3.05, 3.63) is 18.5 Å². The Morgan fingerprint density at radius 1 is 1.37 bits per heavy atom. The van der Waals surface area contributed by atoms with Gasteiger partial charge in [-0.15, -0.1) is 0 Å². The Balaban J connectivity index is 2.04. The average molecular weight is 278 g/mol. The zero-order valence-electron chi connectivity index (χ0n) is 12.1. The number of hydrogen-bond acceptors (Lipinski definition) is 4. The van der Waals surface area contributed by atoms with Gasteiger partial charge in [0, 0.05) is 35.7 Å². The zero-order chi connectivity index (χ0) is 13.8. The Labute approximate surface area is 115 Å². The first kappa shape index (κ1) is 14.0. The van der Waals surface area contributed by atoms with Crippen molar-refractivity contribution in [1.29, 1.82) is 0 Å². The molecule has 5 nitrogen and oxygen atoms in total. The lowest BCUT2D eigenvalue weighted by atomic mass is 10.5. The van der Waals surface area contributed by atoms with Gasteiger partial charge in [0.25, 0.3) is 0 Å². The SMILES string of the molecule is CN(C)c1cnc2c(ccn2COCC[SiH](C)C)n1. The lowest BCUT2D eigenvalue weighted by Crippen LogP contribution is -2.11. The van der Waals surface area contributed by atoms with Crippen molar-refractivity contribution in [3.8, 4) is 0 Å². The standard InChI is InChI=1S/C13H22N4OSi/c1-16(2)12-9-14-13-11(15-12)5-6-17(13)10-18-7-8-19(3)4/h5-6,9,19H,7-8,10H2,1-4H3. The van der Waals surface area contributed by atoms with Crippen LogP contribution in [0, 0.1) is 0 Å². The fourth-order valence-corrected chi connectivity index (χ4v) is 2.39. The summed E-state index contributed by atoms with van der Waals surface area (Å²) in [5, 5.41) is 0. The van der Waals surface area contributed by atoms with E-state index in [0.717, 1.165) is 23.6 Å². The van der Waals surface area contributed by atoms with E-state index in [2.05, 4.69) is 23.1 Å².